The molecule has 0 aliphatic carbocycles. The Balaban J connectivity index is 3.16. The Kier molecular flexibility index (Phi) is 3.89. The molecule has 5 nitrogen and oxygen atoms in total. The number of nitrogens with two attached hydrogens (primary N) is 1. The summed E-state index contributed by atoms with van der Waals surface area (Å²) in [6, 6.07) is 1.55. The summed E-state index contributed by atoms with van der Waals surface area (Å²) >= 11 is 0. The van der Waals surface area contributed by atoms with Crippen LogP contribution in [0.3, 0.4) is 0 Å². The SMILES string of the molecule is NC(=O)COc1ccc(S(=O)(=O)Cl)c(F)c1F. The minimum absolute atomic E-state index is 0.634. The molecule has 0 spiro atoms. The molecule has 0 bridgehead atoms. The maximum atomic E-state index is 13.3. The largest absolute Gasteiger partial charge is 0.481 e. The summed E-state index contributed by atoms with van der Waals surface area (Å²) in [5.41, 5.74) is 4.73. The molecule has 1 rings (SSSR count). The average molecular weight is 286 g/mol. The number of hydrogen-bond acceptors (Lipinski definition) is 4. The highest BCUT2D eigenvalue weighted by Gasteiger charge is 2.22. The van der Waals surface area contributed by atoms with E-state index in [1.807, 2.05) is 0 Å². The summed E-state index contributed by atoms with van der Waals surface area (Å²) in [4.78, 5) is 9.35. The number of primary amides is 1. The lowest BCUT2D eigenvalue weighted by Crippen LogP contribution is -2.20. The highest BCUT2D eigenvalue weighted by Crippen LogP contribution is 2.27. The van der Waals surface area contributed by atoms with Crippen LogP contribution in [0.4, 0.5) is 8.78 Å². The lowest BCUT2D eigenvalue weighted by molar-refractivity contribution is -0.120. The van der Waals surface area contributed by atoms with E-state index in [9.17, 15) is 22.0 Å². The molecule has 17 heavy (non-hydrogen) atoms. The zero-order chi connectivity index (χ0) is 13.2. The summed E-state index contributed by atoms with van der Waals surface area (Å²) < 4.78 is 52.7. The van der Waals surface area contributed by atoms with Gasteiger partial charge in [-0.1, -0.05) is 0 Å². The van der Waals surface area contributed by atoms with Crippen LogP contribution in [0, 0.1) is 11.6 Å². The minimum Gasteiger partial charge on any atom is -0.481 e. The Morgan fingerprint density at radius 3 is 2.41 bits per heavy atom. The standard InChI is InChI=1S/C8H6ClF2NO4S/c9-17(14,15)5-2-1-4(7(10)8(5)11)16-3-6(12)13/h1-2H,3H2,(H2,12,13). The second-order valence-electron chi connectivity index (χ2n) is 2.88. The van der Waals surface area contributed by atoms with Gasteiger partial charge in [0.1, 0.15) is 4.90 Å². The van der Waals surface area contributed by atoms with Gasteiger partial charge in [0.05, 0.1) is 0 Å². The molecule has 0 atom stereocenters. The Labute approximate surface area is 99.5 Å². The fourth-order valence-corrected chi connectivity index (χ4v) is 1.85. The number of carbonyl (C=O) groups is 1. The number of rotatable bonds is 4. The van der Waals surface area contributed by atoms with Gasteiger partial charge in [0.25, 0.3) is 15.0 Å². The first-order valence-corrected chi connectivity index (χ1v) is 6.38. The predicted octanol–water partition coefficient (Wildman–Crippen LogP) is 0.756. The highest BCUT2D eigenvalue weighted by atomic mass is 35.7. The fraction of sp³-hybridized carbons (Fsp3) is 0.125. The third-order valence-electron chi connectivity index (χ3n) is 1.64. The van der Waals surface area contributed by atoms with Crippen molar-refractivity contribution in [3.63, 3.8) is 0 Å². The molecule has 0 aliphatic rings. The third kappa shape index (κ3) is 3.27. The number of amides is 1. The molecule has 9 heteroatoms. The maximum Gasteiger partial charge on any atom is 0.264 e. The van der Waals surface area contributed by atoms with E-state index in [0.29, 0.717) is 0 Å². The van der Waals surface area contributed by atoms with E-state index < -0.39 is 43.8 Å². The van der Waals surface area contributed by atoms with Crippen LogP contribution in [0.5, 0.6) is 5.75 Å². The number of hydrogen-bond donors (Lipinski definition) is 1. The molecule has 1 amide bonds. The van der Waals surface area contributed by atoms with Crippen LogP contribution >= 0.6 is 10.7 Å². The Bertz CT molecular complexity index is 561. The lowest BCUT2D eigenvalue weighted by atomic mass is 10.3. The predicted molar refractivity (Wildman–Crippen MR) is 54.1 cm³/mol. The van der Waals surface area contributed by atoms with Crippen LogP contribution in [-0.4, -0.2) is 20.9 Å². The monoisotopic (exact) mass is 285 g/mol. The van der Waals surface area contributed by atoms with Crippen molar-refractivity contribution in [2.75, 3.05) is 6.61 Å². The molecule has 0 unspecified atom stereocenters. The van der Waals surface area contributed by atoms with Crippen molar-refractivity contribution in [2.45, 2.75) is 4.90 Å². The third-order valence-corrected chi connectivity index (χ3v) is 2.98. The number of halogens is 3. The summed E-state index contributed by atoms with van der Waals surface area (Å²) in [5, 5.41) is 0. The van der Waals surface area contributed by atoms with Gasteiger partial charge in [-0.15, -0.1) is 0 Å². The van der Waals surface area contributed by atoms with E-state index in [1.165, 1.54) is 0 Å². The van der Waals surface area contributed by atoms with Gasteiger partial charge in [-0.05, 0) is 12.1 Å². The first kappa shape index (κ1) is 13.7. The zero-order valence-electron chi connectivity index (χ0n) is 8.11. The van der Waals surface area contributed by atoms with Gasteiger partial charge in [-0.2, -0.15) is 4.39 Å². The summed E-state index contributed by atoms with van der Waals surface area (Å²) in [7, 11) is 0.472. The summed E-state index contributed by atoms with van der Waals surface area (Å²) in [6.07, 6.45) is 0. The van der Waals surface area contributed by atoms with Gasteiger partial charge in [-0.25, -0.2) is 12.8 Å². The fourth-order valence-electron chi connectivity index (χ4n) is 0.963. The molecule has 0 heterocycles. The maximum absolute atomic E-state index is 13.3. The van der Waals surface area contributed by atoms with Crippen molar-refractivity contribution in [1.82, 2.24) is 0 Å². The van der Waals surface area contributed by atoms with Crippen LogP contribution in [0.1, 0.15) is 0 Å². The highest BCUT2D eigenvalue weighted by molar-refractivity contribution is 8.13. The minimum atomic E-state index is -4.39. The van der Waals surface area contributed by atoms with Gasteiger partial charge < -0.3 is 10.5 Å². The van der Waals surface area contributed by atoms with E-state index in [-0.39, 0.29) is 0 Å². The average Bonchev–Trinajstić information content (AvgIpc) is 2.18. The van der Waals surface area contributed by atoms with E-state index in [2.05, 4.69) is 4.74 Å². The van der Waals surface area contributed by atoms with Crippen molar-refractivity contribution in [2.24, 2.45) is 5.73 Å². The van der Waals surface area contributed by atoms with Crippen LogP contribution in [-0.2, 0) is 13.8 Å². The second-order valence-corrected chi connectivity index (χ2v) is 5.42. The molecule has 0 fully saturated rings. The Hall–Kier alpha value is -1.41. The van der Waals surface area contributed by atoms with Crippen LogP contribution < -0.4 is 10.5 Å². The van der Waals surface area contributed by atoms with Crippen molar-refractivity contribution in [3.8, 4) is 5.75 Å². The first-order chi connectivity index (χ1) is 7.73. The molecule has 94 valence electrons. The summed E-state index contributed by atoms with van der Waals surface area (Å²) in [5.74, 6) is -4.76. The zero-order valence-corrected chi connectivity index (χ0v) is 9.69. The molecule has 0 radical (unpaired) electrons. The molecular weight excluding hydrogens is 280 g/mol. The second kappa shape index (κ2) is 4.84. The summed E-state index contributed by atoms with van der Waals surface area (Å²) in [6.45, 7) is -0.663. The molecule has 0 saturated heterocycles. The molecule has 0 aromatic heterocycles. The van der Waals surface area contributed by atoms with Crippen LogP contribution in [0.2, 0.25) is 0 Å². The normalized spacial score (nSPS) is 11.2. The molecule has 1 aromatic rings. The van der Waals surface area contributed by atoms with E-state index >= 15 is 0 Å². The van der Waals surface area contributed by atoms with E-state index in [0.717, 1.165) is 12.1 Å². The smallest absolute Gasteiger partial charge is 0.264 e. The number of benzene rings is 1. The Morgan fingerprint density at radius 2 is 1.94 bits per heavy atom. The number of carbonyl (C=O) groups excluding carboxylic acids is 1. The topological polar surface area (TPSA) is 86.5 Å². The van der Waals surface area contributed by atoms with Gasteiger partial charge >= 0.3 is 0 Å². The molecular formula is C8H6ClF2NO4S. The van der Waals surface area contributed by atoms with Gasteiger partial charge in [0.2, 0.25) is 5.82 Å². The van der Waals surface area contributed by atoms with Crippen molar-refractivity contribution in [3.05, 3.63) is 23.8 Å². The van der Waals surface area contributed by atoms with Gasteiger partial charge in [-0.3, -0.25) is 4.79 Å². The molecule has 1 aromatic carbocycles. The number of ether oxygens (including phenoxy) is 1. The Morgan fingerprint density at radius 1 is 1.35 bits per heavy atom. The van der Waals surface area contributed by atoms with Gasteiger partial charge in [0.15, 0.2) is 18.2 Å². The van der Waals surface area contributed by atoms with Gasteiger partial charge in [0, 0.05) is 10.7 Å². The van der Waals surface area contributed by atoms with Crippen molar-refractivity contribution < 1.29 is 26.7 Å². The van der Waals surface area contributed by atoms with Crippen molar-refractivity contribution >= 4 is 25.6 Å². The first-order valence-electron chi connectivity index (χ1n) is 4.07. The molecule has 0 saturated carbocycles. The lowest BCUT2D eigenvalue weighted by Gasteiger charge is -2.07. The van der Waals surface area contributed by atoms with E-state index in [1.54, 1.807) is 0 Å². The molecule has 2 N–H and O–H groups in total. The van der Waals surface area contributed by atoms with Crippen molar-refractivity contribution in [1.29, 1.82) is 0 Å². The molecule has 0 aliphatic heterocycles. The van der Waals surface area contributed by atoms with Crippen LogP contribution in [0.15, 0.2) is 17.0 Å². The quantitative estimate of drug-likeness (QED) is 0.827. The van der Waals surface area contributed by atoms with Crippen LogP contribution in [0.25, 0.3) is 0 Å². The van der Waals surface area contributed by atoms with E-state index in [4.69, 9.17) is 16.4 Å².